The van der Waals surface area contributed by atoms with E-state index in [0.29, 0.717) is 0 Å². The molecule has 0 N–H and O–H groups in total. The van der Waals surface area contributed by atoms with Crippen LogP contribution in [-0.4, -0.2) is 0 Å². The van der Waals surface area contributed by atoms with E-state index in [-0.39, 0.29) is 0 Å². The molecule has 0 saturated carbocycles. The molecule has 0 atom stereocenters. The van der Waals surface area contributed by atoms with Crippen molar-refractivity contribution in [3.05, 3.63) is 169 Å². The molecule has 0 amide bonds. The van der Waals surface area contributed by atoms with Gasteiger partial charge in [-0.15, -0.1) is 0 Å². The lowest BCUT2D eigenvalue weighted by atomic mass is 9.95. The maximum atomic E-state index is 6.79. The van der Waals surface area contributed by atoms with Crippen molar-refractivity contribution >= 4 is 32.7 Å². The van der Waals surface area contributed by atoms with Crippen LogP contribution in [0.15, 0.2) is 162 Å². The van der Waals surface area contributed by atoms with E-state index in [2.05, 4.69) is 158 Å². The number of para-hydroxylation sites is 1. The highest BCUT2D eigenvalue weighted by molar-refractivity contribution is 6.22. The van der Waals surface area contributed by atoms with Crippen LogP contribution in [0, 0.1) is 0 Å². The summed E-state index contributed by atoms with van der Waals surface area (Å²) < 4.78 is 6.79. The van der Waals surface area contributed by atoms with Gasteiger partial charge in [0.2, 0.25) is 0 Å². The lowest BCUT2D eigenvalue weighted by molar-refractivity contribution is 0.665. The van der Waals surface area contributed by atoms with E-state index in [0.717, 1.165) is 23.2 Å². The number of furan rings is 1. The molecule has 0 bridgehead atoms. The third-order valence-corrected chi connectivity index (χ3v) is 8.33. The van der Waals surface area contributed by atoms with Crippen LogP contribution in [0.1, 0.15) is 11.1 Å². The Morgan fingerprint density at radius 3 is 1.64 bits per heavy atom. The summed E-state index contributed by atoms with van der Waals surface area (Å²) >= 11 is 0. The van der Waals surface area contributed by atoms with Crippen molar-refractivity contribution in [3.63, 3.8) is 0 Å². The quantitative estimate of drug-likeness (QED) is 0.213. The fourth-order valence-corrected chi connectivity index (χ4v) is 6.20. The molecule has 1 aromatic heterocycles. The summed E-state index contributed by atoms with van der Waals surface area (Å²) in [4.78, 5) is 0. The second-order valence-electron chi connectivity index (χ2n) is 10.9. The Morgan fingerprint density at radius 1 is 0.405 bits per heavy atom. The second kappa shape index (κ2) is 10.2. The van der Waals surface area contributed by atoms with Crippen molar-refractivity contribution in [1.82, 2.24) is 0 Å². The zero-order valence-electron chi connectivity index (χ0n) is 23.1. The number of rotatable bonds is 5. The zero-order chi connectivity index (χ0) is 27.9. The highest BCUT2D eigenvalue weighted by Crippen LogP contribution is 2.42. The summed E-state index contributed by atoms with van der Waals surface area (Å²) in [6, 6.07) is 56.3. The van der Waals surface area contributed by atoms with E-state index in [1.165, 1.54) is 60.5 Å². The van der Waals surface area contributed by atoms with Gasteiger partial charge in [0.05, 0.1) is 0 Å². The molecule has 1 nitrogen and oxygen atoms in total. The first kappa shape index (κ1) is 24.4. The van der Waals surface area contributed by atoms with Gasteiger partial charge in [0.1, 0.15) is 11.2 Å². The molecule has 198 valence electrons. The molecule has 0 unspecified atom stereocenters. The highest BCUT2D eigenvalue weighted by atomic mass is 16.3. The van der Waals surface area contributed by atoms with Crippen LogP contribution in [-0.2, 0) is 6.42 Å². The fourth-order valence-electron chi connectivity index (χ4n) is 6.20. The van der Waals surface area contributed by atoms with E-state index < -0.39 is 0 Å². The molecule has 0 spiro atoms. The Balaban J connectivity index is 1.17. The van der Waals surface area contributed by atoms with E-state index in [1.54, 1.807) is 0 Å². The number of fused-ring (bicyclic) bond motifs is 5. The Morgan fingerprint density at radius 2 is 0.952 bits per heavy atom. The molecular weight excluding hydrogens is 508 g/mol. The van der Waals surface area contributed by atoms with Gasteiger partial charge >= 0.3 is 0 Å². The minimum absolute atomic E-state index is 0.809. The predicted octanol–water partition coefficient (Wildman–Crippen LogP) is 11.3. The summed E-state index contributed by atoms with van der Waals surface area (Å²) in [5.41, 5.74) is 11.6. The van der Waals surface area contributed by atoms with Gasteiger partial charge < -0.3 is 4.42 Å². The van der Waals surface area contributed by atoms with Gasteiger partial charge in [-0.05, 0) is 55.8 Å². The highest BCUT2D eigenvalue weighted by Gasteiger charge is 2.18. The van der Waals surface area contributed by atoms with Crippen LogP contribution < -0.4 is 0 Å². The maximum absolute atomic E-state index is 6.79. The van der Waals surface area contributed by atoms with Crippen LogP contribution >= 0.6 is 0 Å². The monoisotopic (exact) mass is 536 g/mol. The Hall–Kier alpha value is -5.40. The molecule has 7 aromatic carbocycles. The van der Waals surface area contributed by atoms with Crippen LogP contribution in [0.2, 0.25) is 0 Å². The molecule has 0 saturated heterocycles. The van der Waals surface area contributed by atoms with E-state index in [1.807, 2.05) is 0 Å². The van der Waals surface area contributed by atoms with Crippen LogP contribution in [0.25, 0.3) is 66.1 Å². The normalized spacial score (nSPS) is 11.4. The summed E-state index contributed by atoms with van der Waals surface area (Å²) in [5.74, 6) is 0. The minimum Gasteiger partial charge on any atom is -0.455 e. The van der Waals surface area contributed by atoms with Gasteiger partial charge in [0, 0.05) is 22.8 Å². The maximum Gasteiger partial charge on any atom is 0.143 e. The van der Waals surface area contributed by atoms with Gasteiger partial charge in [-0.3, -0.25) is 0 Å². The van der Waals surface area contributed by atoms with Gasteiger partial charge in [0.25, 0.3) is 0 Å². The first-order valence-corrected chi connectivity index (χ1v) is 14.5. The zero-order valence-corrected chi connectivity index (χ0v) is 23.1. The van der Waals surface area contributed by atoms with Crippen LogP contribution in [0.5, 0.6) is 0 Å². The lowest BCUT2D eigenvalue weighted by Gasteiger charge is -2.07. The molecule has 1 heteroatoms. The molecule has 0 aliphatic rings. The van der Waals surface area contributed by atoms with Crippen LogP contribution in [0.3, 0.4) is 0 Å². The molecule has 0 fully saturated rings. The molecule has 8 rings (SSSR count). The van der Waals surface area contributed by atoms with Crippen molar-refractivity contribution < 1.29 is 4.42 Å². The number of benzene rings is 7. The topological polar surface area (TPSA) is 13.1 Å². The number of hydrogen-bond donors (Lipinski definition) is 0. The average molecular weight is 537 g/mol. The third-order valence-electron chi connectivity index (χ3n) is 8.33. The van der Waals surface area contributed by atoms with Crippen molar-refractivity contribution in [2.75, 3.05) is 0 Å². The summed E-state index contributed by atoms with van der Waals surface area (Å²) in [6.07, 6.45) is 0.809. The molecular formula is C41H28O. The first-order valence-electron chi connectivity index (χ1n) is 14.5. The number of hydrogen-bond acceptors (Lipinski definition) is 1. The van der Waals surface area contributed by atoms with E-state index >= 15 is 0 Å². The smallest absolute Gasteiger partial charge is 0.143 e. The SMILES string of the molecule is c1ccc(-c2ccc(-c3ccc(Cc4cccc5c4oc4c(-c6ccccc6)cc6ccccc6c45)cc3)cc2)cc1. The first-order chi connectivity index (χ1) is 20.8. The summed E-state index contributed by atoms with van der Waals surface area (Å²) in [5, 5.41) is 4.82. The largest absolute Gasteiger partial charge is 0.455 e. The van der Waals surface area contributed by atoms with Gasteiger partial charge in [0.15, 0.2) is 0 Å². The Bertz CT molecular complexity index is 2170. The molecule has 42 heavy (non-hydrogen) atoms. The molecule has 1 heterocycles. The third kappa shape index (κ3) is 4.27. The Kier molecular flexibility index (Phi) is 5.93. The average Bonchev–Trinajstić information content (AvgIpc) is 3.47. The van der Waals surface area contributed by atoms with Gasteiger partial charge in [-0.1, -0.05) is 152 Å². The minimum atomic E-state index is 0.809. The molecule has 0 aliphatic heterocycles. The van der Waals surface area contributed by atoms with Crippen molar-refractivity contribution in [3.8, 4) is 33.4 Å². The fraction of sp³-hybridized carbons (Fsp3) is 0.0244. The van der Waals surface area contributed by atoms with Gasteiger partial charge in [-0.2, -0.15) is 0 Å². The standard InChI is InChI=1S/C41H28O/c1-3-10-29(11-4-1)31-22-24-32(25-23-31)30-20-18-28(19-21-30)26-35-15-9-17-37-39-36-16-8-7-14-34(36)27-38(41(39)42-40(35)37)33-12-5-2-6-13-33/h1-25,27H,26H2. The van der Waals surface area contributed by atoms with Crippen molar-refractivity contribution in [1.29, 1.82) is 0 Å². The second-order valence-corrected chi connectivity index (χ2v) is 10.9. The van der Waals surface area contributed by atoms with Crippen LogP contribution in [0.4, 0.5) is 0 Å². The predicted molar refractivity (Wildman–Crippen MR) is 177 cm³/mol. The Labute approximate surface area is 245 Å². The summed E-state index contributed by atoms with van der Waals surface area (Å²) in [6.45, 7) is 0. The van der Waals surface area contributed by atoms with Crippen molar-refractivity contribution in [2.45, 2.75) is 6.42 Å². The van der Waals surface area contributed by atoms with Crippen molar-refractivity contribution in [2.24, 2.45) is 0 Å². The summed E-state index contributed by atoms with van der Waals surface area (Å²) in [7, 11) is 0. The molecule has 0 aliphatic carbocycles. The molecule has 8 aromatic rings. The van der Waals surface area contributed by atoms with Gasteiger partial charge in [-0.25, -0.2) is 0 Å². The lowest BCUT2D eigenvalue weighted by Crippen LogP contribution is -1.89. The molecule has 0 radical (unpaired) electrons. The van der Waals surface area contributed by atoms with E-state index in [4.69, 9.17) is 4.42 Å². The van der Waals surface area contributed by atoms with E-state index in [9.17, 15) is 0 Å².